The number of anilines is 1. The highest BCUT2D eigenvalue weighted by Crippen LogP contribution is 2.28. The predicted molar refractivity (Wildman–Crippen MR) is 86.2 cm³/mol. The molecule has 0 aliphatic heterocycles. The summed E-state index contributed by atoms with van der Waals surface area (Å²) in [5.41, 5.74) is 1.41. The van der Waals surface area contributed by atoms with Gasteiger partial charge in [0.05, 0.1) is 5.60 Å². The number of carbonyl (C=O) groups excluding carboxylic acids is 1. The van der Waals surface area contributed by atoms with Crippen LogP contribution in [0.3, 0.4) is 0 Å². The smallest absolute Gasteiger partial charge is 0.244 e. The molecule has 0 spiro atoms. The minimum Gasteiger partial charge on any atom is -0.388 e. The largest absolute Gasteiger partial charge is 0.388 e. The molecule has 2 rings (SSSR count). The molecule has 0 radical (unpaired) electrons. The highest BCUT2D eigenvalue weighted by atomic mass is 16.3. The van der Waals surface area contributed by atoms with Crippen LogP contribution in [0.15, 0.2) is 30.3 Å². The molecule has 4 heteroatoms. The highest BCUT2D eigenvalue weighted by molar-refractivity contribution is 5.91. The van der Waals surface area contributed by atoms with Gasteiger partial charge in [-0.3, -0.25) is 4.79 Å². The fraction of sp³-hybridized carbons (Fsp3) is 0.471. The zero-order valence-corrected chi connectivity index (χ0v) is 12.8. The Labute approximate surface area is 126 Å². The Morgan fingerprint density at radius 3 is 2.48 bits per heavy atom. The normalized spacial score (nSPS) is 17.1. The fourth-order valence-corrected chi connectivity index (χ4v) is 2.58. The van der Waals surface area contributed by atoms with Crippen LogP contribution < -0.4 is 10.2 Å². The Kier molecular flexibility index (Phi) is 5.02. The number of rotatable bonds is 5. The third-order valence-electron chi connectivity index (χ3n) is 3.96. The van der Waals surface area contributed by atoms with Crippen molar-refractivity contribution in [2.24, 2.45) is 0 Å². The van der Waals surface area contributed by atoms with E-state index in [-0.39, 0.29) is 5.91 Å². The molecule has 21 heavy (non-hydrogen) atoms. The van der Waals surface area contributed by atoms with Crippen molar-refractivity contribution in [1.29, 1.82) is 0 Å². The number of carbonyl (C=O) groups is 1. The van der Waals surface area contributed by atoms with E-state index in [2.05, 4.69) is 5.32 Å². The molecule has 1 aromatic rings. The van der Waals surface area contributed by atoms with E-state index >= 15 is 0 Å². The Bertz CT molecular complexity index is 500. The van der Waals surface area contributed by atoms with Crippen LogP contribution in [0.4, 0.5) is 5.69 Å². The van der Waals surface area contributed by atoms with Crippen molar-refractivity contribution in [3.05, 3.63) is 35.9 Å². The van der Waals surface area contributed by atoms with E-state index in [1.54, 1.807) is 6.08 Å². The van der Waals surface area contributed by atoms with Gasteiger partial charge in [-0.15, -0.1) is 0 Å². The second-order valence-corrected chi connectivity index (χ2v) is 5.97. The van der Waals surface area contributed by atoms with Crippen molar-refractivity contribution in [2.75, 3.05) is 25.5 Å². The zero-order chi connectivity index (χ0) is 15.3. The molecule has 1 saturated carbocycles. The van der Waals surface area contributed by atoms with Crippen molar-refractivity contribution >= 4 is 17.7 Å². The van der Waals surface area contributed by atoms with E-state index in [1.807, 2.05) is 43.3 Å². The summed E-state index contributed by atoms with van der Waals surface area (Å²) in [6, 6.07) is 7.98. The fourth-order valence-electron chi connectivity index (χ4n) is 2.58. The minimum atomic E-state index is -0.698. The van der Waals surface area contributed by atoms with Gasteiger partial charge in [0, 0.05) is 32.4 Å². The first-order valence-electron chi connectivity index (χ1n) is 7.44. The molecule has 1 aliphatic carbocycles. The maximum atomic E-state index is 11.8. The quantitative estimate of drug-likeness (QED) is 0.817. The Hall–Kier alpha value is -1.81. The van der Waals surface area contributed by atoms with Gasteiger partial charge in [-0.25, -0.2) is 0 Å². The summed E-state index contributed by atoms with van der Waals surface area (Å²) < 4.78 is 0. The van der Waals surface area contributed by atoms with E-state index in [1.165, 1.54) is 6.08 Å². The Balaban J connectivity index is 1.84. The molecule has 2 N–H and O–H groups in total. The predicted octanol–water partition coefficient (Wildman–Crippen LogP) is 2.19. The van der Waals surface area contributed by atoms with Gasteiger partial charge in [-0.05, 0) is 36.6 Å². The summed E-state index contributed by atoms with van der Waals surface area (Å²) in [7, 11) is 3.98. The minimum absolute atomic E-state index is 0.160. The summed E-state index contributed by atoms with van der Waals surface area (Å²) >= 11 is 0. The van der Waals surface area contributed by atoms with Crippen LogP contribution in [0.5, 0.6) is 0 Å². The average molecular weight is 288 g/mol. The van der Waals surface area contributed by atoms with Gasteiger partial charge in [-0.1, -0.05) is 25.0 Å². The van der Waals surface area contributed by atoms with Gasteiger partial charge in [0.15, 0.2) is 0 Å². The lowest BCUT2D eigenvalue weighted by Gasteiger charge is -2.21. The SMILES string of the molecule is CN(C)c1ccc(C=CC(=O)NCC2(O)CCCC2)cc1. The summed E-state index contributed by atoms with van der Waals surface area (Å²) in [5.74, 6) is -0.160. The van der Waals surface area contributed by atoms with Crippen LogP contribution in [0.2, 0.25) is 0 Å². The lowest BCUT2D eigenvalue weighted by molar-refractivity contribution is -0.117. The number of benzene rings is 1. The summed E-state index contributed by atoms with van der Waals surface area (Å²) in [6.45, 7) is 0.343. The van der Waals surface area contributed by atoms with E-state index < -0.39 is 5.60 Å². The monoisotopic (exact) mass is 288 g/mol. The number of amides is 1. The summed E-state index contributed by atoms with van der Waals surface area (Å²) in [4.78, 5) is 13.8. The van der Waals surface area contributed by atoms with Crippen molar-refractivity contribution in [3.63, 3.8) is 0 Å². The molecule has 1 aliphatic rings. The average Bonchev–Trinajstić information content (AvgIpc) is 2.91. The summed E-state index contributed by atoms with van der Waals surface area (Å²) in [5, 5.41) is 12.9. The third kappa shape index (κ3) is 4.60. The molecule has 114 valence electrons. The number of hydrogen-bond donors (Lipinski definition) is 2. The first-order valence-corrected chi connectivity index (χ1v) is 7.44. The number of hydrogen-bond acceptors (Lipinski definition) is 3. The Morgan fingerprint density at radius 1 is 1.29 bits per heavy atom. The van der Waals surface area contributed by atoms with Crippen molar-refractivity contribution < 1.29 is 9.90 Å². The molecule has 0 unspecified atom stereocenters. The molecular formula is C17H24N2O2. The van der Waals surface area contributed by atoms with Gasteiger partial charge in [0.25, 0.3) is 0 Å². The number of nitrogens with one attached hydrogen (secondary N) is 1. The lowest BCUT2D eigenvalue weighted by atomic mass is 10.0. The summed E-state index contributed by atoms with van der Waals surface area (Å²) in [6.07, 6.45) is 6.95. The van der Waals surface area contributed by atoms with Gasteiger partial charge in [0.2, 0.25) is 5.91 Å². The van der Waals surface area contributed by atoms with Crippen LogP contribution in [0.1, 0.15) is 31.2 Å². The first kappa shape index (κ1) is 15.6. The highest BCUT2D eigenvalue weighted by Gasteiger charge is 2.30. The van der Waals surface area contributed by atoms with Crippen LogP contribution in [-0.4, -0.2) is 37.3 Å². The molecule has 0 saturated heterocycles. The molecule has 1 aromatic carbocycles. The third-order valence-corrected chi connectivity index (χ3v) is 3.96. The standard InChI is InChI=1S/C17H24N2O2/c1-19(2)15-8-5-14(6-9-15)7-10-16(20)18-13-17(21)11-3-4-12-17/h5-10,21H,3-4,11-13H2,1-2H3,(H,18,20). The topological polar surface area (TPSA) is 52.6 Å². The maximum Gasteiger partial charge on any atom is 0.244 e. The van der Waals surface area contributed by atoms with Gasteiger partial charge in [0.1, 0.15) is 0 Å². The molecule has 1 fully saturated rings. The van der Waals surface area contributed by atoms with Crippen LogP contribution in [0, 0.1) is 0 Å². The van der Waals surface area contributed by atoms with Gasteiger partial charge in [-0.2, -0.15) is 0 Å². The Morgan fingerprint density at radius 2 is 1.90 bits per heavy atom. The molecule has 0 atom stereocenters. The molecule has 4 nitrogen and oxygen atoms in total. The number of aliphatic hydroxyl groups is 1. The molecule has 1 amide bonds. The molecule has 0 heterocycles. The maximum absolute atomic E-state index is 11.8. The van der Waals surface area contributed by atoms with Gasteiger partial charge >= 0.3 is 0 Å². The van der Waals surface area contributed by atoms with E-state index in [0.29, 0.717) is 6.54 Å². The first-order chi connectivity index (χ1) is 9.98. The lowest BCUT2D eigenvalue weighted by Crippen LogP contribution is -2.40. The van der Waals surface area contributed by atoms with Crippen molar-refractivity contribution in [1.82, 2.24) is 5.32 Å². The second-order valence-electron chi connectivity index (χ2n) is 5.97. The van der Waals surface area contributed by atoms with Crippen molar-refractivity contribution in [3.8, 4) is 0 Å². The second kappa shape index (κ2) is 6.76. The van der Waals surface area contributed by atoms with E-state index in [0.717, 1.165) is 36.9 Å². The van der Waals surface area contributed by atoms with E-state index in [4.69, 9.17) is 0 Å². The van der Waals surface area contributed by atoms with E-state index in [9.17, 15) is 9.90 Å². The van der Waals surface area contributed by atoms with Crippen LogP contribution in [0.25, 0.3) is 6.08 Å². The molecule has 0 aromatic heterocycles. The molecular weight excluding hydrogens is 264 g/mol. The van der Waals surface area contributed by atoms with Crippen molar-refractivity contribution in [2.45, 2.75) is 31.3 Å². The zero-order valence-electron chi connectivity index (χ0n) is 12.8. The van der Waals surface area contributed by atoms with Crippen LogP contribution in [-0.2, 0) is 4.79 Å². The number of nitrogens with zero attached hydrogens (tertiary/aromatic N) is 1. The molecule has 0 bridgehead atoms. The van der Waals surface area contributed by atoms with Crippen LogP contribution >= 0.6 is 0 Å². The van der Waals surface area contributed by atoms with Gasteiger partial charge < -0.3 is 15.3 Å².